The standard InChI is InChI=1S/C28H37FN2O5/c29-23-8-5-10-25(18-23)36-21-28(34)20-30(15-12-26(28)32)19-22-7-4-9-24(17-22)35-16-6-14-31-13-3-1-2-11-27(31)33/h4-5,7-10,17-18,26,32,34H,1-3,6,11-16,19-21H2/t26-,28-/m0/s1. The summed E-state index contributed by atoms with van der Waals surface area (Å²) in [5.41, 5.74) is -0.413. The number of ether oxygens (including phenoxy) is 2. The number of carbonyl (C=O) groups excluding carboxylic acids is 1. The zero-order valence-electron chi connectivity index (χ0n) is 20.8. The molecule has 2 saturated heterocycles. The van der Waals surface area contributed by atoms with Gasteiger partial charge in [-0.1, -0.05) is 24.6 Å². The van der Waals surface area contributed by atoms with Crippen molar-refractivity contribution in [1.82, 2.24) is 9.80 Å². The second kappa shape index (κ2) is 12.5. The topological polar surface area (TPSA) is 82.5 Å². The van der Waals surface area contributed by atoms with E-state index in [0.717, 1.165) is 50.1 Å². The molecule has 8 heteroatoms. The third-order valence-electron chi connectivity index (χ3n) is 6.94. The van der Waals surface area contributed by atoms with Gasteiger partial charge < -0.3 is 24.6 Å². The van der Waals surface area contributed by atoms with Crippen molar-refractivity contribution >= 4 is 5.91 Å². The first-order valence-electron chi connectivity index (χ1n) is 12.9. The smallest absolute Gasteiger partial charge is 0.222 e. The Hall–Kier alpha value is -2.68. The fourth-order valence-electron chi connectivity index (χ4n) is 4.90. The maximum atomic E-state index is 13.4. The number of β-amino-alcohol motifs (C(OH)–C–C–N with tert-alkyl or cyclic N) is 1. The van der Waals surface area contributed by atoms with Crippen molar-refractivity contribution in [3.05, 3.63) is 59.9 Å². The van der Waals surface area contributed by atoms with Gasteiger partial charge >= 0.3 is 0 Å². The minimum absolute atomic E-state index is 0.128. The fourth-order valence-corrected chi connectivity index (χ4v) is 4.90. The lowest BCUT2D eigenvalue weighted by molar-refractivity contribution is -0.140. The van der Waals surface area contributed by atoms with E-state index in [-0.39, 0.29) is 19.1 Å². The van der Waals surface area contributed by atoms with Gasteiger partial charge in [-0.05, 0) is 55.5 Å². The second-order valence-corrected chi connectivity index (χ2v) is 9.91. The van der Waals surface area contributed by atoms with Gasteiger partial charge in [-0.25, -0.2) is 4.39 Å². The van der Waals surface area contributed by atoms with Gasteiger partial charge in [-0.3, -0.25) is 9.69 Å². The monoisotopic (exact) mass is 500 g/mol. The van der Waals surface area contributed by atoms with Crippen LogP contribution in [0.25, 0.3) is 0 Å². The van der Waals surface area contributed by atoms with E-state index in [0.29, 0.717) is 38.3 Å². The summed E-state index contributed by atoms with van der Waals surface area (Å²) in [5.74, 6) is 0.930. The Labute approximate surface area is 212 Å². The number of aliphatic hydroxyl groups is 2. The molecule has 2 aliphatic rings. The number of benzene rings is 2. The van der Waals surface area contributed by atoms with Gasteiger partial charge in [0, 0.05) is 45.2 Å². The summed E-state index contributed by atoms with van der Waals surface area (Å²) in [6.45, 7) is 3.45. The van der Waals surface area contributed by atoms with E-state index in [9.17, 15) is 19.4 Å². The van der Waals surface area contributed by atoms with Crippen LogP contribution in [0.2, 0.25) is 0 Å². The molecule has 2 atom stereocenters. The molecule has 1 amide bonds. The average molecular weight is 501 g/mol. The van der Waals surface area contributed by atoms with Gasteiger partial charge in [-0.2, -0.15) is 0 Å². The molecule has 0 spiro atoms. The first kappa shape index (κ1) is 26.4. The van der Waals surface area contributed by atoms with E-state index < -0.39 is 17.5 Å². The summed E-state index contributed by atoms with van der Waals surface area (Å²) in [4.78, 5) is 16.2. The molecule has 2 aromatic rings. The number of piperidine rings is 1. The van der Waals surface area contributed by atoms with E-state index in [1.54, 1.807) is 12.1 Å². The highest BCUT2D eigenvalue weighted by Crippen LogP contribution is 2.26. The molecule has 196 valence electrons. The first-order chi connectivity index (χ1) is 17.4. The summed E-state index contributed by atoms with van der Waals surface area (Å²) in [6.07, 6.45) is 4.13. The summed E-state index contributed by atoms with van der Waals surface area (Å²) in [7, 11) is 0. The van der Waals surface area contributed by atoms with Crippen molar-refractivity contribution in [2.24, 2.45) is 0 Å². The number of aliphatic hydroxyl groups excluding tert-OH is 1. The van der Waals surface area contributed by atoms with Gasteiger partial charge in [0.1, 0.15) is 29.5 Å². The van der Waals surface area contributed by atoms with Crippen LogP contribution in [0.3, 0.4) is 0 Å². The van der Waals surface area contributed by atoms with Crippen molar-refractivity contribution in [2.45, 2.75) is 56.8 Å². The molecule has 0 aliphatic carbocycles. The Bertz CT molecular complexity index is 1010. The zero-order chi connectivity index (χ0) is 25.4. The van der Waals surface area contributed by atoms with Crippen LogP contribution < -0.4 is 9.47 Å². The van der Waals surface area contributed by atoms with Crippen molar-refractivity contribution in [1.29, 1.82) is 0 Å². The lowest BCUT2D eigenvalue weighted by atomic mass is 9.90. The van der Waals surface area contributed by atoms with E-state index in [1.165, 1.54) is 12.1 Å². The number of nitrogens with zero attached hydrogens (tertiary/aromatic N) is 2. The van der Waals surface area contributed by atoms with Crippen LogP contribution in [0.4, 0.5) is 4.39 Å². The Balaban J connectivity index is 1.26. The molecule has 7 nitrogen and oxygen atoms in total. The lowest BCUT2D eigenvalue weighted by Gasteiger charge is -2.42. The predicted octanol–water partition coefficient (Wildman–Crippen LogP) is 3.37. The number of hydrogen-bond acceptors (Lipinski definition) is 6. The van der Waals surface area contributed by atoms with Gasteiger partial charge in [0.05, 0.1) is 12.7 Å². The lowest BCUT2D eigenvalue weighted by Crippen LogP contribution is -2.59. The molecule has 0 unspecified atom stereocenters. The van der Waals surface area contributed by atoms with Gasteiger partial charge in [-0.15, -0.1) is 0 Å². The van der Waals surface area contributed by atoms with Crippen molar-refractivity contribution in [3.8, 4) is 11.5 Å². The van der Waals surface area contributed by atoms with Gasteiger partial charge in [0.15, 0.2) is 0 Å². The van der Waals surface area contributed by atoms with Crippen LogP contribution in [0, 0.1) is 5.82 Å². The number of carbonyl (C=O) groups is 1. The molecule has 0 bridgehead atoms. The zero-order valence-corrected chi connectivity index (χ0v) is 20.8. The molecule has 0 radical (unpaired) electrons. The number of rotatable bonds is 10. The maximum Gasteiger partial charge on any atom is 0.222 e. The van der Waals surface area contributed by atoms with Gasteiger partial charge in [0.2, 0.25) is 5.91 Å². The quantitative estimate of drug-likeness (QED) is 0.487. The van der Waals surface area contributed by atoms with Crippen LogP contribution in [0.5, 0.6) is 11.5 Å². The third kappa shape index (κ3) is 7.41. The van der Waals surface area contributed by atoms with Crippen molar-refractivity contribution < 1.29 is 28.9 Å². The predicted molar refractivity (Wildman–Crippen MR) is 134 cm³/mol. The van der Waals surface area contributed by atoms with Crippen LogP contribution in [-0.4, -0.2) is 77.0 Å². The molecular weight excluding hydrogens is 463 g/mol. The first-order valence-corrected chi connectivity index (χ1v) is 12.9. The molecule has 2 aromatic carbocycles. The second-order valence-electron chi connectivity index (χ2n) is 9.91. The number of likely N-dealkylation sites (tertiary alicyclic amines) is 2. The van der Waals surface area contributed by atoms with Crippen LogP contribution in [0.1, 0.15) is 44.1 Å². The Morgan fingerprint density at radius 3 is 2.67 bits per heavy atom. The minimum atomic E-state index is -1.45. The molecular formula is C28H37FN2O5. The average Bonchev–Trinajstić information content (AvgIpc) is 3.07. The summed E-state index contributed by atoms with van der Waals surface area (Å²) < 4.78 is 25.0. The van der Waals surface area contributed by atoms with Crippen molar-refractivity contribution in [3.63, 3.8) is 0 Å². The number of hydrogen-bond donors (Lipinski definition) is 2. The number of halogens is 1. The highest BCUT2D eigenvalue weighted by Gasteiger charge is 2.42. The number of amides is 1. The molecule has 0 saturated carbocycles. The normalized spacial score (nSPS) is 23.4. The SMILES string of the molecule is O=C1CCCCCN1CCCOc1cccc(CN2CC[C@H](O)[C@@](O)(COc3cccc(F)c3)C2)c1. The molecule has 0 aromatic heterocycles. The molecule has 4 rings (SSSR count). The van der Waals surface area contributed by atoms with Gasteiger partial charge in [0.25, 0.3) is 0 Å². The Kier molecular flexibility index (Phi) is 9.18. The summed E-state index contributed by atoms with van der Waals surface area (Å²) >= 11 is 0. The maximum absolute atomic E-state index is 13.4. The minimum Gasteiger partial charge on any atom is -0.494 e. The largest absolute Gasteiger partial charge is 0.494 e. The van der Waals surface area contributed by atoms with Crippen LogP contribution in [0.15, 0.2) is 48.5 Å². The fraction of sp³-hybridized carbons (Fsp3) is 0.536. The summed E-state index contributed by atoms with van der Waals surface area (Å²) in [6, 6.07) is 13.6. The molecule has 2 N–H and O–H groups in total. The Morgan fingerprint density at radius 2 is 1.83 bits per heavy atom. The molecule has 2 fully saturated rings. The van der Waals surface area contributed by atoms with E-state index in [2.05, 4.69) is 4.90 Å². The molecule has 2 heterocycles. The van der Waals surface area contributed by atoms with Crippen molar-refractivity contribution in [2.75, 3.05) is 39.4 Å². The highest BCUT2D eigenvalue weighted by molar-refractivity contribution is 5.76. The van der Waals surface area contributed by atoms with E-state index >= 15 is 0 Å². The van der Waals surface area contributed by atoms with Crippen LogP contribution in [-0.2, 0) is 11.3 Å². The molecule has 36 heavy (non-hydrogen) atoms. The summed E-state index contributed by atoms with van der Waals surface area (Å²) in [5, 5.41) is 21.6. The third-order valence-corrected chi connectivity index (χ3v) is 6.94. The Morgan fingerprint density at radius 1 is 1.03 bits per heavy atom. The van der Waals surface area contributed by atoms with E-state index in [1.807, 2.05) is 29.2 Å². The molecule has 2 aliphatic heterocycles. The highest BCUT2D eigenvalue weighted by atomic mass is 19.1. The van der Waals surface area contributed by atoms with E-state index in [4.69, 9.17) is 9.47 Å². The van der Waals surface area contributed by atoms with Crippen LogP contribution >= 0.6 is 0 Å².